The lowest BCUT2D eigenvalue weighted by molar-refractivity contribution is -0.136. The smallest absolute Gasteiger partial charge is 0.397 e. The molecule has 10 heteroatoms. The van der Waals surface area contributed by atoms with E-state index in [1.807, 2.05) is 0 Å². The molecule has 0 saturated carbocycles. The monoisotopic (exact) mass is 387 g/mol. The van der Waals surface area contributed by atoms with Crippen molar-refractivity contribution in [3.05, 3.63) is 52.0 Å². The lowest BCUT2D eigenvalue weighted by Crippen LogP contribution is -2.13. The molecule has 2 aromatic heterocycles. The summed E-state index contributed by atoms with van der Waals surface area (Å²) in [6, 6.07) is 3.53. The number of nitrogens with zero attached hydrogens (tertiary/aromatic N) is 1. The minimum atomic E-state index is -4.67. The number of nitrogens with one attached hydrogen (secondary N) is 1. The Morgan fingerprint density at radius 2 is 1.88 bits per heavy atom. The average molecular weight is 387 g/mol. The van der Waals surface area contributed by atoms with Crippen LogP contribution in [0.5, 0.6) is 0 Å². The number of fused-ring (bicyclic) bond motifs is 1. The number of hydrogen-bond acceptors (Lipinski definition) is 4. The molecule has 0 fully saturated rings. The number of aryl methyl sites for hydroxylation is 1. The van der Waals surface area contributed by atoms with Crippen LogP contribution in [-0.2, 0) is 6.18 Å². The number of aromatic nitrogens is 1. The van der Waals surface area contributed by atoms with E-state index in [1.165, 1.54) is 6.92 Å². The van der Waals surface area contributed by atoms with Gasteiger partial charge in [-0.1, -0.05) is 0 Å². The van der Waals surface area contributed by atoms with Gasteiger partial charge < -0.3 is 11.1 Å². The number of halogens is 5. The van der Waals surface area contributed by atoms with Crippen LogP contribution in [-0.4, -0.2) is 10.9 Å². The molecule has 26 heavy (non-hydrogen) atoms. The van der Waals surface area contributed by atoms with Crippen LogP contribution in [0, 0.1) is 18.6 Å². The SMILES string of the molecule is Cc1cc(C(F)(F)F)c2c(N)c(C(=O)Nc3ccc(F)c(F)c3)sc2n1. The molecule has 0 aliphatic heterocycles. The summed E-state index contributed by atoms with van der Waals surface area (Å²) in [5, 5.41) is 1.92. The molecule has 2 heterocycles. The zero-order valence-corrected chi connectivity index (χ0v) is 13.9. The molecule has 0 aliphatic carbocycles. The number of nitrogen functional groups attached to an aromatic ring is 1. The topological polar surface area (TPSA) is 68.0 Å². The van der Waals surface area contributed by atoms with Gasteiger partial charge in [0, 0.05) is 22.8 Å². The average Bonchev–Trinajstić information content (AvgIpc) is 2.86. The quantitative estimate of drug-likeness (QED) is 0.625. The van der Waals surface area contributed by atoms with E-state index in [4.69, 9.17) is 5.73 Å². The fourth-order valence-corrected chi connectivity index (χ4v) is 3.46. The lowest BCUT2D eigenvalue weighted by Gasteiger charge is -2.09. The van der Waals surface area contributed by atoms with Gasteiger partial charge in [0.15, 0.2) is 11.6 Å². The molecule has 3 rings (SSSR count). The van der Waals surface area contributed by atoms with Gasteiger partial charge in [-0.2, -0.15) is 13.2 Å². The van der Waals surface area contributed by atoms with E-state index < -0.39 is 29.3 Å². The minimum absolute atomic E-state index is 0.0368. The van der Waals surface area contributed by atoms with E-state index in [9.17, 15) is 26.7 Å². The number of rotatable bonds is 2. The zero-order valence-electron chi connectivity index (χ0n) is 13.0. The van der Waals surface area contributed by atoms with Crippen LogP contribution in [0.1, 0.15) is 20.9 Å². The van der Waals surface area contributed by atoms with Gasteiger partial charge in [0.2, 0.25) is 0 Å². The summed E-state index contributed by atoms with van der Waals surface area (Å²) in [7, 11) is 0. The Kier molecular flexibility index (Phi) is 4.31. The molecule has 4 nitrogen and oxygen atoms in total. The Bertz CT molecular complexity index is 1030. The van der Waals surface area contributed by atoms with Crippen LogP contribution >= 0.6 is 11.3 Å². The third-order valence-electron chi connectivity index (χ3n) is 3.52. The summed E-state index contributed by atoms with van der Waals surface area (Å²) in [5.74, 6) is -3.12. The first-order valence-corrected chi connectivity index (χ1v) is 7.93. The van der Waals surface area contributed by atoms with Crippen LogP contribution in [0.15, 0.2) is 24.3 Å². The van der Waals surface area contributed by atoms with Gasteiger partial charge in [-0.3, -0.25) is 4.79 Å². The molecule has 136 valence electrons. The predicted molar refractivity (Wildman–Crippen MR) is 88.1 cm³/mol. The summed E-state index contributed by atoms with van der Waals surface area (Å²) in [4.78, 5) is 16.1. The van der Waals surface area contributed by atoms with E-state index in [0.717, 1.165) is 24.3 Å². The highest BCUT2D eigenvalue weighted by molar-refractivity contribution is 7.21. The number of carbonyl (C=O) groups is 1. The zero-order chi connectivity index (χ0) is 19.2. The number of anilines is 2. The fourth-order valence-electron chi connectivity index (χ4n) is 2.40. The van der Waals surface area contributed by atoms with Gasteiger partial charge in [0.05, 0.1) is 11.3 Å². The molecule has 3 N–H and O–H groups in total. The molecular weight excluding hydrogens is 377 g/mol. The van der Waals surface area contributed by atoms with Gasteiger partial charge in [-0.15, -0.1) is 11.3 Å². The number of pyridine rings is 1. The Balaban J connectivity index is 2.06. The second kappa shape index (κ2) is 6.20. The van der Waals surface area contributed by atoms with E-state index >= 15 is 0 Å². The molecule has 0 spiro atoms. The van der Waals surface area contributed by atoms with Crippen LogP contribution in [0.25, 0.3) is 10.2 Å². The highest BCUT2D eigenvalue weighted by Gasteiger charge is 2.35. The van der Waals surface area contributed by atoms with Gasteiger partial charge in [-0.25, -0.2) is 13.8 Å². The van der Waals surface area contributed by atoms with Gasteiger partial charge in [0.25, 0.3) is 5.91 Å². The second-order valence-corrected chi connectivity index (χ2v) is 6.42. The van der Waals surface area contributed by atoms with E-state index in [1.54, 1.807) is 0 Å². The number of thiophene rings is 1. The molecule has 0 saturated heterocycles. The molecule has 0 unspecified atom stereocenters. The van der Waals surface area contributed by atoms with Crippen LogP contribution < -0.4 is 11.1 Å². The van der Waals surface area contributed by atoms with Crippen molar-refractivity contribution in [1.29, 1.82) is 0 Å². The predicted octanol–water partition coefficient (Wildman–Crippen LogP) is 4.74. The second-order valence-electron chi connectivity index (χ2n) is 5.42. The largest absolute Gasteiger partial charge is 0.417 e. The number of alkyl halides is 3. The van der Waals surface area contributed by atoms with Crippen molar-refractivity contribution in [2.45, 2.75) is 13.1 Å². The molecule has 1 aromatic carbocycles. The molecule has 0 atom stereocenters. The van der Waals surface area contributed by atoms with Gasteiger partial charge >= 0.3 is 6.18 Å². The number of hydrogen-bond donors (Lipinski definition) is 2. The van der Waals surface area contributed by atoms with Gasteiger partial charge in [-0.05, 0) is 25.1 Å². The standard InChI is InChI=1S/C16H10F5N3OS/c1-6-4-8(16(19,20)21)11-12(22)13(26-15(11)23-6)14(25)24-7-2-3-9(17)10(18)5-7/h2-5H,22H2,1H3,(H,24,25). The number of nitrogens with two attached hydrogens (primary N) is 1. The Hall–Kier alpha value is -2.75. The molecule has 0 radical (unpaired) electrons. The summed E-state index contributed by atoms with van der Waals surface area (Å²) in [5.41, 5.74) is 4.47. The molecular formula is C16H10F5N3OS. The lowest BCUT2D eigenvalue weighted by atomic mass is 10.1. The summed E-state index contributed by atoms with van der Waals surface area (Å²) in [6.45, 7) is 1.39. The van der Waals surface area contributed by atoms with Crippen molar-refractivity contribution in [2.24, 2.45) is 0 Å². The molecule has 1 amide bonds. The highest BCUT2D eigenvalue weighted by atomic mass is 32.1. The molecule has 0 aliphatic rings. The Morgan fingerprint density at radius 3 is 2.50 bits per heavy atom. The van der Waals surface area contributed by atoms with Crippen molar-refractivity contribution in [1.82, 2.24) is 4.98 Å². The Morgan fingerprint density at radius 1 is 1.19 bits per heavy atom. The number of benzene rings is 1. The van der Waals surface area contributed by atoms with Crippen LogP contribution in [0.3, 0.4) is 0 Å². The maximum Gasteiger partial charge on any atom is 0.417 e. The minimum Gasteiger partial charge on any atom is -0.397 e. The maximum atomic E-state index is 13.3. The number of amides is 1. The van der Waals surface area contributed by atoms with Crippen molar-refractivity contribution >= 4 is 38.8 Å². The molecule has 0 bridgehead atoms. The van der Waals surface area contributed by atoms with E-state index in [-0.39, 0.29) is 32.2 Å². The first kappa shape index (κ1) is 18.1. The van der Waals surface area contributed by atoms with E-state index in [2.05, 4.69) is 10.3 Å². The first-order chi connectivity index (χ1) is 12.1. The van der Waals surface area contributed by atoms with Crippen molar-refractivity contribution in [3.8, 4) is 0 Å². The highest BCUT2D eigenvalue weighted by Crippen LogP contribution is 2.42. The third kappa shape index (κ3) is 3.19. The maximum absolute atomic E-state index is 13.3. The van der Waals surface area contributed by atoms with Crippen molar-refractivity contribution in [3.63, 3.8) is 0 Å². The fraction of sp³-hybridized carbons (Fsp3) is 0.125. The summed E-state index contributed by atoms with van der Waals surface area (Å²) < 4.78 is 65.9. The normalized spacial score (nSPS) is 11.8. The first-order valence-electron chi connectivity index (χ1n) is 7.11. The van der Waals surface area contributed by atoms with Crippen molar-refractivity contribution in [2.75, 3.05) is 11.1 Å². The van der Waals surface area contributed by atoms with Crippen molar-refractivity contribution < 1.29 is 26.7 Å². The Labute approximate surface area is 147 Å². The van der Waals surface area contributed by atoms with Crippen LogP contribution in [0.4, 0.5) is 33.3 Å². The van der Waals surface area contributed by atoms with Gasteiger partial charge in [0.1, 0.15) is 9.71 Å². The summed E-state index contributed by atoms with van der Waals surface area (Å²) >= 11 is 0.687. The van der Waals surface area contributed by atoms with Crippen LogP contribution in [0.2, 0.25) is 0 Å². The molecule has 3 aromatic rings. The number of carbonyl (C=O) groups excluding carboxylic acids is 1. The van der Waals surface area contributed by atoms with E-state index in [0.29, 0.717) is 11.3 Å². The summed E-state index contributed by atoms with van der Waals surface area (Å²) in [6.07, 6.45) is -4.67. The third-order valence-corrected chi connectivity index (χ3v) is 4.61.